The van der Waals surface area contributed by atoms with Crippen LogP contribution in [-0.4, -0.2) is 10.2 Å². The summed E-state index contributed by atoms with van der Waals surface area (Å²) in [5.41, 5.74) is 2.59. The first kappa shape index (κ1) is 18.8. The van der Waals surface area contributed by atoms with E-state index in [4.69, 9.17) is 0 Å². The van der Waals surface area contributed by atoms with Crippen LogP contribution in [0.5, 0.6) is 11.5 Å². The van der Waals surface area contributed by atoms with Gasteiger partial charge in [0, 0.05) is 0 Å². The number of phenols is 2. The molecule has 26 heavy (non-hydrogen) atoms. The highest BCUT2D eigenvalue weighted by atomic mass is 16.3. The molecule has 0 heterocycles. The summed E-state index contributed by atoms with van der Waals surface area (Å²) in [5.74, 6) is 0.639. The number of aromatic hydroxyl groups is 2. The van der Waals surface area contributed by atoms with E-state index in [1.54, 1.807) is 24.3 Å². The van der Waals surface area contributed by atoms with E-state index in [1.807, 2.05) is 0 Å². The van der Waals surface area contributed by atoms with Crippen molar-refractivity contribution < 1.29 is 10.2 Å². The summed E-state index contributed by atoms with van der Waals surface area (Å²) >= 11 is 0. The zero-order valence-corrected chi connectivity index (χ0v) is 16.5. The van der Waals surface area contributed by atoms with Gasteiger partial charge < -0.3 is 10.2 Å². The van der Waals surface area contributed by atoms with E-state index in [0.29, 0.717) is 11.5 Å². The van der Waals surface area contributed by atoms with Crippen LogP contribution in [0.1, 0.15) is 70.9 Å². The van der Waals surface area contributed by atoms with Crippen LogP contribution in [0.4, 0.5) is 0 Å². The second kappa shape index (κ2) is 6.64. The van der Waals surface area contributed by atoms with E-state index in [9.17, 15) is 10.2 Å². The quantitative estimate of drug-likeness (QED) is 0.677. The molecule has 2 heteroatoms. The first-order valence-electron chi connectivity index (χ1n) is 9.80. The second-order valence-corrected chi connectivity index (χ2v) is 8.99. The first-order chi connectivity index (χ1) is 12.2. The topological polar surface area (TPSA) is 40.5 Å². The van der Waals surface area contributed by atoms with Crippen LogP contribution in [0, 0.1) is 5.41 Å². The molecule has 0 bridgehead atoms. The average Bonchev–Trinajstić information content (AvgIpc) is 2.63. The lowest BCUT2D eigenvalue weighted by atomic mass is 9.45. The van der Waals surface area contributed by atoms with E-state index in [-0.39, 0.29) is 16.2 Å². The van der Waals surface area contributed by atoms with Crippen molar-refractivity contribution in [1.82, 2.24) is 0 Å². The van der Waals surface area contributed by atoms with E-state index >= 15 is 0 Å². The number of hydrogen-bond acceptors (Lipinski definition) is 2. The number of hydrogen-bond donors (Lipinski definition) is 2. The molecule has 1 aliphatic rings. The van der Waals surface area contributed by atoms with E-state index < -0.39 is 0 Å². The van der Waals surface area contributed by atoms with Gasteiger partial charge in [-0.2, -0.15) is 0 Å². The smallest absolute Gasteiger partial charge is 0.115 e. The molecular formula is C24H32O2. The fraction of sp³-hybridized carbons (Fsp3) is 0.500. The van der Waals surface area contributed by atoms with Gasteiger partial charge in [-0.3, -0.25) is 0 Å². The van der Waals surface area contributed by atoms with Crippen LogP contribution < -0.4 is 0 Å². The van der Waals surface area contributed by atoms with E-state index in [2.05, 4.69) is 52.0 Å². The average molecular weight is 353 g/mol. The van der Waals surface area contributed by atoms with Crippen molar-refractivity contribution in [3.63, 3.8) is 0 Å². The Kier molecular flexibility index (Phi) is 4.81. The van der Waals surface area contributed by atoms with Gasteiger partial charge in [-0.25, -0.2) is 0 Å². The van der Waals surface area contributed by atoms with Gasteiger partial charge in [-0.1, -0.05) is 71.2 Å². The van der Waals surface area contributed by atoms with E-state index in [1.165, 1.54) is 43.2 Å². The van der Waals surface area contributed by atoms with Crippen LogP contribution in [0.15, 0.2) is 48.5 Å². The summed E-state index contributed by atoms with van der Waals surface area (Å²) in [6, 6.07) is 15.6. The minimum Gasteiger partial charge on any atom is -0.508 e. The zero-order valence-electron chi connectivity index (χ0n) is 16.5. The third kappa shape index (κ3) is 2.90. The molecule has 140 valence electrons. The van der Waals surface area contributed by atoms with Gasteiger partial charge in [0.2, 0.25) is 0 Å². The van der Waals surface area contributed by atoms with Crippen LogP contribution in [-0.2, 0) is 10.8 Å². The molecule has 0 aliphatic heterocycles. The van der Waals surface area contributed by atoms with Crippen molar-refractivity contribution in [1.29, 1.82) is 0 Å². The maximum absolute atomic E-state index is 9.74. The van der Waals surface area contributed by atoms with Gasteiger partial charge in [-0.15, -0.1) is 0 Å². The minimum absolute atomic E-state index is 0.0392. The molecule has 0 saturated heterocycles. The molecule has 0 amide bonds. The molecule has 2 nitrogen and oxygen atoms in total. The number of rotatable bonds is 4. The third-order valence-corrected chi connectivity index (χ3v) is 7.28. The minimum atomic E-state index is -0.0392. The monoisotopic (exact) mass is 352 g/mol. The van der Waals surface area contributed by atoms with Gasteiger partial charge in [0.1, 0.15) is 11.5 Å². The summed E-state index contributed by atoms with van der Waals surface area (Å²) in [4.78, 5) is 0. The van der Waals surface area contributed by atoms with Crippen molar-refractivity contribution in [2.24, 2.45) is 5.41 Å². The fourth-order valence-corrected chi connectivity index (χ4v) is 5.50. The molecule has 0 atom stereocenters. The Morgan fingerprint density at radius 1 is 0.615 bits per heavy atom. The summed E-state index contributed by atoms with van der Waals surface area (Å²) in [5, 5.41) is 19.5. The molecule has 2 N–H and O–H groups in total. The van der Waals surface area contributed by atoms with Crippen molar-refractivity contribution in [2.45, 2.75) is 70.6 Å². The van der Waals surface area contributed by atoms with Gasteiger partial charge in [0.05, 0.1) is 0 Å². The highest BCUT2D eigenvalue weighted by Crippen LogP contribution is 2.61. The molecule has 1 aliphatic carbocycles. The molecule has 3 rings (SSSR count). The van der Waals surface area contributed by atoms with Gasteiger partial charge in [-0.05, 0) is 64.5 Å². The Hall–Kier alpha value is -1.96. The van der Waals surface area contributed by atoms with Crippen molar-refractivity contribution in [3.8, 4) is 11.5 Å². The zero-order chi connectivity index (χ0) is 19.0. The van der Waals surface area contributed by atoms with Crippen LogP contribution in [0.3, 0.4) is 0 Å². The van der Waals surface area contributed by atoms with Crippen LogP contribution in [0.25, 0.3) is 0 Å². The van der Waals surface area contributed by atoms with Crippen molar-refractivity contribution >= 4 is 0 Å². The third-order valence-electron chi connectivity index (χ3n) is 7.28. The Bertz CT molecular complexity index is 673. The first-order valence-corrected chi connectivity index (χ1v) is 9.80. The maximum atomic E-state index is 9.74. The molecular weight excluding hydrogens is 320 g/mol. The highest BCUT2D eigenvalue weighted by Gasteiger charge is 2.55. The lowest BCUT2D eigenvalue weighted by Gasteiger charge is -2.59. The summed E-state index contributed by atoms with van der Waals surface area (Å²) in [6.07, 6.45) is 6.19. The van der Waals surface area contributed by atoms with Gasteiger partial charge in [0.15, 0.2) is 0 Å². The normalized spacial score (nSPS) is 17.8. The molecule has 2 aromatic carbocycles. The second-order valence-electron chi connectivity index (χ2n) is 8.99. The Balaban J connectivity index is 2.14. The predicted octanol–water partition coefficient (Wildman–Crippen LogP) is 6.30. The lowest BCUT2D eigenvalue weighted by molar-refractivity contribution is 0.00543. The maximum Gasteiger partial charge on any atom is 0.115 e. The molecule has 1 fully saturated rings. The number of benzene rings is 2. The molecule has 0 unspecified atom stereocenters. The largest absolute Gasteiger partial charge is 0.508 e. The summed E-state index contributed by atoms with van der Waals surface area (Å²) in [7, 11) is 0. The number of phenolic OH excluding ortho intramolecular Hbond substituents is 2. The van der Waals surface area contributed by atoms with Crippen molar-refractivity contribution in [2.75, 3.05) is 0 Å². The van der Waals surface area contributed by atoms with Crippen LogP contribution in [0.2, 0.25) is 0 Å². The summed E-state index contributed by atoms with van der Waals surface area (Å²) < 4.78 is 0. The molecule has 0 spiro atoms. The fourth-order valence-electron chi connectivity index (χ4n) is 5.50. The Labute approximate surface area is 157 Å². The molecule has 1 saturated carbocycles. The SMILES string of the molecule is CC(C)(c1ccc(O)cc1)C1(C(C)(C)c2ccc(O)cc2)CCCCC1. The highest BCUT2D eigenvalue weighted by molar-refractivity contribution is 5.39. The Morgan fingerprint density at radius 2 is 0.962 bits per heavy atom. The summed E-state index contributed by atoms with van der Waals surface area (Å²) in [6.45, 7) is 9.47. The standard InChI is InChI=1S/C24H32O2/c1-22(2,18-8-12-20(25)13-9-18)24(16-6-5-7-17-24)23(3,4)19-10-14-21(26)15-11-19/h8-15,25-26H,5-7,16-17H2,1-4H3. The molecule has 0 aromatic heterocycles. The van der Waals surface area contributed by atoms with Crippen molar-refractivity contribution in [3.05, 3.63) is 59.7 Å². The van der Waals surface area contributed by atoms with Crippen LogP contribution >= 0.6 is 0 Å². The Morgan fingerprint density at radius 3 is 1.31 bits per heavy atom. The molecule has 0 radical (unpaired) electrons. The van der Waals surface area contributed by atoms with Gasteiger partial charge in [0.25, 0.3) is 0 Å². The van der Waals surface area contributed by atoms with Gasteiger partial charge >= 0.3 is 0 Å². The molecule has 2 aromatic rings. The lowest BCUT2D eigenvalue weighted by Crippen LogP contribution is -2.54. The predicted molar refractivity (Wildman–Crippen MR) is 108 cm³/mol. The van der Waals surface area contributed by atoms with E-state index in [0.717, 1.165) is 0 Å².